The van der Waals surface area contributed by atoms with Crippen molar-refractivity contribution >= 4 is 17.5 Å². The molecule has 2 aromatic heterocycles. The Morgan fingerprint density at radius 2 is 2.00 bits per heavy atom. The molecule has 0 aliphatic carbocycles. The Labute approximate surface area is 109 Å². The van der Waals surface area contributed by atoms with Crippen molar-refractivity contribution in [2.45, 2.75) is 13.5 Å². The molecule has 0 radical (unpaired) electrons. The molecule has 2 aromatic rings. The van der Waals surface area contributed by atoms with Gasteiger partial charge in [0, 0.05) is 18.9 Å². The van der Waals surface area contributed by atoms with Crippen LogP contribution in [0.3, 0.4) is 0 Å². The highest BCUT2D eigenvalue weighted by Crippen LogP contribution is 2.12. The lowest BCUT2D eigenvalue weighted by Crippen LogP contribution is -2.07. The number of nitrogens with zero attached hydrogens (tertiary/aromatic N) is 4. The lowest BCUT2D eigenvalue weighted by Gasteiger charge is -2.06. The predicted molar refractivity (Wildman–Crippen MR) is 67.6 cm³/mol. The number of nitrogens with one attached hydrogen (secondary N) is 1. The number of halogens is 1. The summed E-state index contributed by atoms with van der Waals surface area (Å²) < 4.78 is 5.18. The summed E-state index contributed by atoms with van der Waals surface area (Å²) in [5.74, 6) is 0.385. The second-order valence-corrected chi connectivity index (χ2v) is 3.69. The zero-order valence-corrected chi connectivity index (χ0v) is 10.6. The Kier molecular flexibility index (Phi) is 4.25. The Hall–Kier alpha value is -1.95. The van der Waals surface area contributed by atoms with E-state index in [0.29, 0.717) is 19.1 Å². The van der Waals surface area contributed by atoms with Crippen molar-refractivity contribution in [3.05, 3.63) is 35.4 Å². The van der Waals surface area contributed by atoms with Crippen LogP contribution in [0.5, 0.6) is 6.01 Å². The van der Waals surface area contributed by atoms with E-state index in [4.69, 9.17) is 16.3 Å². The summed E-state index contributed by atoms with van der Waals surface area (Å²) in [7, 11) is 0. The average molecular weight is 266 g/mol. The van der Waals surface area contributed by atoms with E-state index in [2.05, 4.69) is 25.3 Å². The Morgan fingerprint density at radius 1 is 1.22 bits per heavy atom. The highest BCUT2D eigenvalue weighted by atomic mass is 35.5. The normalized spacial score (nSPS) is 10.1. The fraction of sp³-hybridized carbons (Fsp3) is 0.273. The van der Waals surface area contributed by atoms with E-state index in [-0.39, 0.29) is 11.3 Å². The molecule has 0 bridgehead atoms. The van der Waals surface area contributed by atoms with Crippen molar-refractivity contribution < 1.29 is 4.74 Å². The predicted octanol–water partition coefficient (Wildman–Crippen LogP) is 1.93. The Balaban J connectivity index is 2.05. The highest BCUT2D eigenvalue weighted by Gasteiger charge is 2.05. The van der Waals surface area contributed by atoms with Crippen molar-refractivity contribution in [3.63, 3.8) is 0 Å². The van der Waals surface area contributed by atoms with Crippen LogP contribution in [0.2, 0.25) is 5.28 Å². The summed E-state index contributed by atoms with van der Waals surface area (Å²) in [5.41, 5.74) is 1.07. The van der Waals surface area contributed by atoms with Crippen LogP contribution in [-0.4, -0.2) is 26.5 Å². The maximum Gasteiger partial charge on any atom is 0.322 e. The first-order valence-electron chi connectivity index (χ1n) is 5.45. The van der Waals surface area contributed by atoms with Gasteiger partial charge in [0.1, 0.15) is 0 Å². The van der Waals surface area contributed by atoms with Gasteiger partial charge < -0.3 is 10.1 Å². The molecule has 0 amide bonds. The first-order valence-corrected chi connectivity index (χ1v) is 5.83. The van der Waals surface area contributed by atoms with Gasteiger partial charge in [0.2, 0.25) is 11.2 Å². The van der Waals surface area contributed by atoms with Crippen molar-refractivity contribution in [2.24, 2.45) is 0 Å². The number of hydrogen-bond donors (Lipinski definition) is 1. The SMILES string of the molecule is CCOc1nc(Cl)nc(NCc2ccncc2)n1. The van der Waals surface area contributed by atoms with Gasteiger partial charge in [0.25, 0.3) is 0 Å². The van der Waals surface area contributed by atoms with E-state index in [1.165, 1.54) is 0 Å². The van der Waals surface area contributed by atoms with Gasteiger partial charge in [-0.1, -0.05) is 0 Å². The maximum absolute atomic E-state index is 5.78. The molecule has 0 saturated carbocycles. The zero-order valence-electron chi connectivity index (χ0n) is 9.80. The molecule has 7 heteroatoms. The largest absolute Gasteiger partial charge is 0.464 e. The topological polar surface area (TPSA) is 72.8 Å². The van der Waals surface area contributed by atoms with Gasteiger partial charge in [-0.25, -0.2) is 0 Å². The molecule has 1 N–H and O–H groups in total. The summed E-state index contributed by atoms with van der Waals surface area (Å²) in [4.78, 5) is 15.8. The molecule has 18 heavy (non-hydrogen) atoms. The first-order chi connectivity index (χ1) is 8.78. The summed E-state index contributed by atoms with van der Waals surface area (Å²) in [6.07, 6.45) is 3.45. The van der Waals surface area contributed by atoms with Gasteiger partial charge in [0.15, 0.2) is 0 Å². The van der Waals surface area contributed by atoms with E-state index >= 15 is 0 Å². The van der Waals surface area contributed by atoms with E-state index in [9.17, 15) is 0 Å². The van der Waals surface area contributed by atoms with Crippen LogP contribution in [0, 0.1) is 0 Å². The molecule has 2 rings (SSSR count). The van der Waals surface area contributed by atoms with Crippen molar-refractivity contribution in [2.75, 3.05) is 11.9 Å². The third kappa shape index (κ3) is 3.53. The van der Waals surface area contributed by atoms with Crippen LogP contribution in [0.25, 0.3) is 0 Å². The number of rotatable bonds is 5. The molecule has 0 atom stereocenters. The minimum atomic E-state index is 0.102. The van der Waals surface area contributed by atoms with Gasteiger partial charge in [-0.3, -0.25) is 4.98 Å². The Morgan fingerprint density at radius 3 is 2.72 bits per heavy atom. The molecule has 0 saturated heterocycles. The lowest BCUT2D eigenvalue weighted by atomic mass is 10.3. The third-order valence-electron chi connectivity index (χ3n) is 2.06. The zero-order chi connectivity index (χ0) is 12.8. The summed E-state index contributed by atoms with van der Waals surface area (Å²) in [6.45, 7) is 2.90. The van der Waals surface area contributed by atoms with Crippen LogP contribution in [0.15, 0.2) is 24.5 Å². The second kappa shape index (κ2) is 6.11. The minimum Gasteiger partial charge on any atom is -0.464 e. The van der Waals surface area contributed by atoms with Gasteiger partial charge in [-0.2, -0.15) is 15.0 Å². The molecule has 94 valence electrons. The summed E-state index contributed by atoms with van der Waals surface area (Å²) >= 11 is 5.78. The second-order valence-electron chi connectivity index (χ2n) is 3.35. The van der Waals surface area contributed by atoms with Crippen LogP contribution in [0.1, 0.15) is 12.5 Å². The minimum absolute atomic E-state index is 0.102. The van der Waals surface area contributed by atoms with Gasteiger partial charge in [-0.05, 0) is 36.2 Å². The van der Waals surface area contributed by atoms with Crippen LogP contribution in [0.4, 0.5) is 5.95 Å². The van der Waals surface area contributed by atoms with Crippen LogP contribution < -0.4 is 10.1 Å². The first kappa shape index (κ1) is 12.5. The quantitative estimate of drug-likeness (QED) is 0.891. The molecular weight excluding hydrogens is 254 g/mol. The van der Waals surface area contributed by atoms with E-state index in [1.807, 2.05) is 19.1 Å². The van der Waals surface area contributed by atoms with E-state index in [1.54, 1.807) is 12.4 Å². The lowest BCUT2D eigenvalue weighted by molar-refractivity contribution is 0.312. The van der Waals surface area contributed by atoms with E-state index < -0.39 is 0 Å². The number of pyridine rings is 1. The molecule has 0 aliphatic heterocycles. The fourth-order valence-electron chi connectivity index (χ4n) is 1.29. The number of ether oxygens (including phenoxy) is 1. The fourth-order valence-corrected chi connectivity index (χ4v) is 1.44. The maximum atomic E-state index is 5.78. The highest BCUT2D eigenvalue weighted by molar-refractivity contribution is 6.28. The standard InChI is InChI=1S/C11H12ClN5O/c1-2-18-11-16-9(12)15-10(17-11)14-7-8-3-5-13-6-4-8/h3-6H,2,7H2,1H3,(H,14,15,16,17). The molecule has 0 spiro atoms. The van der Waals surface area contributed by atoms with Gasteiger partial charge in [0.05, 0.1) is 6.61 Å². The molecule has 0 fully saturated rings. The van der Waals surface area contributed by atoms with Crippen molar-refractivity contribution in [1.29, 1.82) is 0 Å². The van der Waals surface area contributed by atoms with Crippen molar-refractivity contribution in [1.82, 2.24) is 19.9 Å². The van der Waals surface area contributed by atoms with Crippen LogP contribution in [-0.2, 0) is 6.54 Å². The summed E-state index contributed by atoms with van der Waals surface area (Å²) in [6, 6.07) is 4.02. The smallest absolute Gasteiger partial charge is 0.322 e. The average Bonchev–Trinajstić information content (AvgIpc) is 2.37. The number of hydrogen-bond acceptors (Lipinski definition) is 6. The molecular formula is C11H12ClN5O. The molecule has 0 aromatic carbocycles. The monoisotopic (exact) mass is 265 g/mol. The summed E-state index contributed by atoms with van der Waals surface area (Å²) in [5, 5.41) is 3.15. The molecule has 2 heterocycles. The molecule has 0 aliphatic rings. The third-order valence-corrected chi connectivity index (χ3v) is 2.23. The molecule has 6 nitrogen and oxygen atoms in total. The van der Waals surface area contributed by atoms with Gasteiger partial charge >= 0.3 is 6.01 Å². The van der Waals surface area contributed by atoms with Crippen LogP contribution >= 0.6 is 11.6 Å². The number of anilines is 1. The number of aromatic nitrogens is 4. The Bertz CT molecular complexity index is 508. The van der Waals surface area contributed by atoms with Gasteiger partial charge in [-0.15, -0.1) is 0 Å². The molecule has 0 unspecified atom stereocenters. The van der Waals surface area contributed by atoms with E-state index in [0.717, 1.165) is 5.56 Å². The van der Waals surface area contributed by atoms with Crippen molar-refractivity contribution in [3.8, 4) is 6.01 Å².